The van der Waals surface area contributed by atoms with Gasteiger partial charge in [0, 0.05) is 54.7 Å². The zero-order valence-corrected chi connectivity index (χ0v) is 23.5. The lowest BCUT2D eigenvalue weighted by atomic mass is 9.77. The van der Waals surface area contributed by atoms with Crippen molar-refractivity contribution < 1.29 is 27.9 Å². The molecule has 40 heavy (non-hydrogen) atoms. The predicted octanol–water partition coefficient (Wildman–Crippen LogP) is 3.76. The summed E-state index contributed by atoms with van der Waals surface area (Å²) < 4.78 is 32.8. The van der Waals surface area contributed by atoms with E-state index in [1.54, 1.807) is 21.9 Å². The number of pyridine rings is 1. The van der Waals surface area contributed by atoms with E-state index in [1.807, 2.05) is 37.3 Å². The van der Waals surface area contributed by atoms with E-state index < -0.39 is 27.6 Å². The second-order valence-electron chi connectivity index (χ2n) is 11.0. The van der Waals surface area contributed by atoms with Gasteiger partial charge in [-0.15, -0.1) is 0 Å². The van der Waals surface area contributed by atoms with E-state index in [0.717, 1.165) is 41.4 Å². The van der Waals surface area contributed by atoms with Crippen molar-refractivity contribution in [2.45, 2.75) is 44.1 Å². The smallest absolute Gasteiger partial charge is 0.320 e. The number of benzene rings is 2. The molecular formula is C30H35N3O6S. The van der Waals surface area contributed by atoms with Gasteiger partial charge < -0.3 is 19.6 Å². The summed E-state index contributed by atoms with van der Waals surface area (Å²) >= 11 is 0. The molecule has 10 heteroatoms. The van der Waals surface area contributed by atoms with Crippen molar-refractivity contribution in [2.24, 2.45) is 5.41 Å². The van der Waals surface area contributed by atoms with Gasteiger partial charge in [0.2, 0.25) is 0 Å². The van der Waals surface area contributed by atoms with Crippen LogP contribution in [0.2, 0.25) is 0 Å². The number of fused-ring (bicyclic) bond motifs is 1. The Bertz CT molecular complexity index is 1490. The van der Waals surface area contributed by atoms with Crippen LogP contribution in [0, 0.1) is 12.3 Å². The van der Waals surface area contributed by atoms with Gasteiger partial charge in [0.05, 0.1) is 16.2 Å². The number of amides is 2. The molecule has 2 saturated heterocycles. The molecule has 212 valence electrons. The van der Waals surface area contributed by atoms with Crippen molar-refractivity contribution in [3.63, 3.8) is 0 Å². The molecule has 5 rings (SSSR count). The van der Waals surface area contributed by atoms with Crippen LogP contribution in [0.15, 0.2) is 59.5 Å². The molecule has 2 aromatic carbocycles. The average Bonchev–Trinajstić information content (AvgIpc) is 2.94. The highest BCUT2D eigenvalue weighted by atomic mass is 32.2. The maximum Gasteiger partial charge on any atom is 0.320 e. The Morgan fingerprint density at radius 3 is 2.40 bits per heavy atom. The Labute approximate surface area is 234 Å². The molecule has 1 N–H and O–H groups in total. The summed E-state index contributed by atoms with van der Waals surface area (Å²) in [5.74, 6) is -0.176. The van der Waals surface area contributed by atoms with Crippen LogP contribution in [-0.2, 0) is 21.2 Å². The number of likely N-dealkylation sites (tertiary alicyclic amines) is 2. The van der Waals surface area contributed by atoms with Gasteiger partial charge in [-0.25, -0.2) is 13.2 Å². The first-order valence-electron chi connectivity index (χ1n) is 13.7. The fourth-order valence-corrected chi connectivity index (χ4v) is 7.63. The number of Topliss-reactive ketones (excluding diaryl/α,β-unsaturated/α-hetero) is 1. The van der Waals surface area contributed by atoms with Gasteiger partial charge in [-0.05, 0) is 62.6 Å². The number of ether oxygens (including phenoxy) is 1. The van der Waals surface area contributed by atoms with Gasteiger partial charge in [0.1, 0.15) is 19.0 Å². The van der Waals surface area contributed by atoms with E-state index in [-0.39, 0.29) is 36.2 Å². The monoisotopic (exact) mass is 565 g/mol. The van der Waals surface area contributed by atoms with Gasteiger partial charge in [-0.2, -0.15) is 0 Å². The number of carbonyl (C=O) groups excluding carboxylic acids is 2. The van der Waals surface area contributed by atoms with E-state index in [1.165, 1.54) is 12.1 Å². The molecule has 0 atom stereocenters. The van der Waals surface area contributed by atoms with Crippen molar-refractivity contribution in [1.29, 1.82) is 0 Å². The van der Waals surface area contributed by atoms with Crippen LogP contribution in [-0.4, -0.2) is 78.7 Å². The van der Waals surface area contributed by atoms with Crippen LogP contribution in [0.4, 0.5) is 4.79 Å². The van der Waals surface area contributed by atoms with E-state index in [4.69, 9.17) is 4.74 Å². The Kier molecular flexibility index (Phi) is 8.09. The number of nitrogens with zero attached hydrogens (tertiary/aromatic N) is 3. The number of aryl methyl sites for hydroxylation is 1. The number of aliphatic hydroxyl groups is 1. The minimum Gasteiger partial charge on any atom is -0.489 e. The van der Waals surface area contributed by atoms with Crippen LogP contribution in [0.1, 0.15) is 36.9 Å². The normalized spacial score (nSPS) is 16.9. The Morgan fingerprint density at radius 1 is 1.00 bits per heavy atom. The molecule has 9 nitrogen and oxygen atoms in total. The van der Waals surface area contributed by atoms with E-state index in [2.05, 4.69) is 4.98 Å². The van der Waals surface area contributed by atoms with E-state index in [0.29, 0.717) is 25.4 Å². The predicted molar refractivity (Wildman–Crippen MR) is 151 cm³/mol. The fraction of sp³-hybridized carbons (Fsp3) is 0.433. The molecule has 0 saturated carbocycles. The minimum atomic E-state index is -3.77. The number of hydrogen-bond donors (Lipinski definition) is 1. The number of hydrogen-bond acceptors (Lipinski definition) is 7. The first-order chi connectivity index (χ1) is 19.2. The summed E-state index contributed by atoms with van der Waals surface area (Å²) in [4.78, 5) is 33.2. The molecular weight excluding hydrogens is 530 g/mol. The third-order valence-corrected chi connectivity index (χ3v) is 9.68. The van der Waals surface area contributed by atoms with Crippen LogP contribution in [0.3, 0.4) is 0 Å². The number of carbonyl (C=O) groups is 2. The van der Waals surface area contributed by atoms with Crippen molar-refractivity contribution in [2.75, 3.05) is 38.5 Å². The number of para-hydroxylation sites is 1. The van der Waals surface area contributed by atoms with Gasteiger partial charge in [-0.1, -0.05) is 18.2 Å². The quantitative estimate of drug-likeness (QED) is 0.420. The first-order valence-corrected chi connectivity index (χ1v) is 15.3. The molecule has 2 fully saturated rings. The standard InChI is InChI=1S/C30H35N3O6S/c1-22-15-23(27-7-3-4-8-28(27)31-22)18-39-25-9-11-26(12-10-25)40(37,38)21-30(16-24(35)17-34)19-33(20-30)29(36)32-13-5-2-6-14-32/h3-4,7-12,15,34H,2,5-6,13-14,16-21H2,1H3. The van der Waals surface area contributed by atoms with Gasteiger partial charge in [-0.3, -0.25) is 9.78 Å². The van der Waals surface area contributed by atoms with Crippen LogP contribution >= 0.6 is 0 Å². The Morgan fingerprint density at radius 2 is 1.70 bits per heavy atom. The average molecular weight is 566 g/mol. The Hall–Kier alpha value is -3.50. The molecule has 3 heterocycles. The second kappa shape index (κ2) is 11.5. The summed E-state index contributed by atoms with van der Waals surface area (Å²) in [6.07, 6.45) is 2.93. The molecule has 2 aliphatic rings. The zero-order valence-electron chi connectivity index (χ0n) is 22.7. The van der Waals surface area contributed by atoms with Gasteiger partial charge in [0.15, 0.2) is 15.6 Å². The topological polar surface area (TPSA) is 117 Å². The lowest BCUT2D eigenvalue weighted by Gasteiger charge is -2.51. The largest absolute Gasteiger partial charge is 0.489 e. The molecule has 3 aromatic rings. The van der Waals surface area contributed by atoms with E-state index in [9.17, 15) is 23.1 Å². The summed E-state index contributed by atoms with van der Waals surface area (Å²) in [7, 11) is -3.77. The number of urea groups is 1. The number of sulfone groups is 1. The highest BCUT2D eigenvalue weighted by molar-refractivity contribution is 7.91. The number of piperidine rings is 1. The molecule has 0 unspecified atom stereocenters. The molecule has 0 spiro atoms. The molecule has 0 bridgehead atoms. The van der Waals surface area contributed by atoms with E-state index >= 15 is 0 Å². The minimum absolute atomic E-state index is 0.0903. The van der Waals surface area contributed by atoms with Gasteiger partial charge in [0.25, 0.3) is 0 Å². The number of aromatic nitrogens is 1. The zero-order chi connectivity index (χ0) is 28.3. The number of rotatable bonds is 9. The molecule has 0 radical (unpaired) electrons. The maximum atomic E-state index is 13.4. The van der Waals surface area contributed by atoms with Crippen molar-refractivity contribution >= 4 is 32.6 Å². The molecule has 2 aliphatic heterocycles. The summed E-state index contributed by atoms with van der Waals surface area (Å²) in [6, 6.07) is 16.0. The lowest BCUT2D eigenvalue weighted by Crippen LogP contribution is -2.64. The molecule has 2 amide bonds. The summed E-state index contributed by atoms with van der Waals surface area (Å²) in [6.45, 7) is 3.33. The summed E-state index contributed by atoms with van der Waals surface area (Å²) in [5.41, 5.74) is 1.85. The highest BCUT2D eigenvalue weighted by Gasteiger charge is 2.50. The second-order valence-corrected chi connectivity index (χ2v) is 13.0. The van der Waals surface area contributed by atoms with Crippen LogP contribution in [0.5, 0.6) is 5.75 Å². The molecule has 0 aliphatic carbocycles. The van der Waals surface area contributed by atoms with Gasteiger partial charge >= 0.3 is 6.03 Å². The first kappa shape index (κ1) is 28.0. The third kappa shape index (κ3) is 6.13. The SMILES string of the molecule is Cc1cc(COc2ccc(S(=O)(=O)CC3(CC(=O)CO)CN(C(=O)N4CCCCC4)C3)cc2)c2ccccc2n1. The lowest BCUT2D eigenvalue weighted by molar-refractivity contribution is -0.126. The van der Waals surface area contributed by atoms with Crippen molar-refractivity contribution in [1.82, 2.24) is 14.8 Å². The fourth-order valence-electron chi connectivity index (χ4n) is 5.82. The third-order valence-electron chi connectivity index (χ3n) is 7.70. The maximum absolute atomic E-state index is 13.4. The van der Waals surface area contributed by atoms with Crippen LogP contribution in [0.25, 0.3) is 10.9 Å². The van der Waals surface area contributed by atoms with Crippen molar-refractivity contribution in [3.8, 4) is 5.75 Å². The number of ketones is 1. The molecule has 1 aromatic heterocycles. The van der Waals surface area contributed by atoms with Crippen LogP contribution < -0.4 is 4.74 Å². The van der Waals surface area contributed by atoms with Crippen molar-refractivity contribution in [3.05, 3.63) is 65.9 Å². The highest BCUT2D eigenvalue weighted by Crippen LogP contribution is 2.38. The summed E-state index contributed by atoms with van der Waals surface area (Å²) in [5, 5.41) is 10.3. The Balaban J connectivity index is 1.26. The number of aliphatic hydroxyl groups excluding tert-OH is 1.